The van der Waals surface area contributed by atoms with E-state index >= 15 is 0 Å². The number of carbonyl (C=O) groups excluding carboxylic acids is 1. The van der Waals surface area contributed by atoms with Crippen molar-refractivity contribution in [2.75, 3.05) is 6.61 Å². The van der Waals surface area contributed by atoms with Crippen molar-refractivity contribution in [3.63, 3.8) is 0 Å². The standard InChI is InChI=1S/C21H15N3O5/c25-20(13-28-17-7-3-1-5-15(17)19-9-10-23-29-19)24-22-11-14-12-27-18-8-4-2-6-16(18)21(14)26/h1-12H,13H2,(H,24,25)/b22-11+. The van der Waals surface area contributed by atoms with Gasteiger partial charge in [0.05, 0.1) is 28.9 Å². The molecule has 1 amide bonds. The molecule has 0 bridgehead atoms. The number of ether oxygens (including phenoxy) is 1. The van der Waals surface area contributed by atoms with Gasteiger partial charge in [-0.15, -0.1) is 0 Å². The molecule has 0 aliphatic rings. The van der Waals surface area contributed by atoms with Gasteiger partial charge in [0, 0.05) is 6.07 Å². The Morgan fingerprint density at radius 1 is 1.14 bits per heavy atom. The molecule has 0 atom stereocenters. The Bertz CT molecular complexity index is 1230. The van der Waals surface area contributed by atoms with Gasteiger partial charge in [0.15, 0.2) is 12.4 Å². The van der Waals surface area contributed by atoms with E-state index in [0.717, 1.165) is 0 Å². The molecule has 8 nitrogen and oxygen atoms in total. The lowest BCUT2D eigenvalue weighted by molar-refractivity contribution is -0.123. The molecule has 2 aromatic carbocycles. The number of rotatable bonds is 6. The molecule has 0 unspecified atom stereocenters. The van der Waals surface area contributed by atoms with Gasteiger partial charge in [0.2, 0.25) is 5.43 Å². The maximum atomic E-state index is 12.4. The van der Waals surface area contributed by atoms with Crippen molar-refractivity contribution in [2.24, 2.45) is 5.10 Å². The van der Waals surface area contributed by atoms with Crippen LogP contribution in [0.5, 0.6) is 5.75 Å². The quantitative estimate of drug-likeness (QED) is 0.401. The largest absolute Gasteiger partial charge is 0.483 e. The minimum Gasteiger partial charge on any atom is -0.483 e. The van der Waals surface area contributed by atoms with Crippen molar-refractivity contribution >= 4 is 23.1 Å². The highest BCUT2D eigenvalue weighted by atomic mass is 16.5. The van der Waals surface area contributed by atoms with Crippen LogP contribution in [0.3, 0.4) is 0 Å². The van der Waals surface area contributed by atoms with Gasteiger partial charge in [-0.25, -0.2) is 5.43 Å². The van der Waals surface area contributed by atoms with Gasteiger partial charge in [0.25, 0.3) is 5.91 Å². The Morgan fingerprint density at radius 2 is 1.97 bits per heavy atom. The molecule has 0 radical (unpaired) electrons. The molecule has 29 heavy (non-hydrogen) atoms. The van der Waals surface area contributed by atoms with E-state index < -0.39 is 5.91 Å². The molecule has 0 fully saturated rings. The van der Waals surface area contributed by atoms with Crippen LogP contribution in [-0.4, -0.2) is 23.9 Å². The minimum atomic E-state index is -0.487. The van der Waals surface area contributed by atoms with Crippen molar-refractivity contribution in [3.05, 3.63) is 82.8 Å². The van der Waals surface area contributed by atoms with Gasteiger partial charge in [0.1, 0.15) is 17.6 Å². The molecule has 1 N–H and O–H groups in total. The van der Waals surface area contributed by atoms with E-state index in [0.29, 0.717) is 28.0 Å². The molecule has 0 saturated carbocycles. The number of aromatic nitrogens is 1. The lowest BCUT2D eigenvalue weighted by Crippen LogP contribution is -2.25. The summed E-state index contributed by atoms with van der Waals surface area (Å²) in [5, 5.41) is 7.91. The summed E-state index contributed by atoms with van der Waals surface area (Å²) in [5.74, 6) is 0.513. The number of hydrogen-bond acceptors (Lipinski definition) is 7. The summed E-state index contributed by atoms with van der Waals surface area (Å²) in [6, 6.07) is 15.7. The Balaban J connectivity index is 1.39. The number of hydrazone groups is 1. The summed E-state index contributed by atoms with van der Waals surface area (Å²) in [6.07, 6.45) is 4.06. The molecule has 144 valence electrons. The van der Waals surface area contributed by atoms with Crippen LogP contribution in [0, 0.1) is 0 Å². The summed E-state index contributed by atoms with van der Waals surface area (Å²) < 4.78 is 16.1. The van der Waals surface area contributed by atoms with Crippen molar-refractivity contribution < 1.29 is 18.5 Å². The summed E-state index contributed by atoms with van der Waals surface area (Å²) in [4.78, 5) is 24.4. The van der Waals surface area contributed by atoms with E-state index in [1.807, 2.05) is 6.07 Å². The summed E-state index contributed by atoms with van der Waals surface area (Å²) in [6.45, 7) is -0.269. The van der Waals surface area contributed by atoms with Gasteiger partial charge >= 0.3 is 0 Å². The zero-order valence-electron chi connectivity index (χ0n) is 15.1. The number of fused-ring (bicyclic) bond motifs is 1. The third kappa shape index (κ3) is 4.06. The van der Waals surface area contributed by atoms with Gasteiger partial charge in [-0.1, -0.05) is 29.4 Å². The molecule has 2 heterocycles. The predicted octanol–water partition coefficient (Wildman–Crippen LogP) is 2.98. The minimum absolute atomic E-state index is 0.223. The monoisotopic (exact) mass is 389 g/mol. The highest BCUT2D eigenvalue weighted by Crippen LogP contribution is 2.29. The van der Waals surface area contributed by atoms with E-state index in [2.05, 4.69) is 15.7 Å². The average Bonchev–Trinajstić information content (AvgIpc) is 3.29. The van der Waals surface area contributed by atoms with Crippen molar-refractivity contribution in [1.82, 2.24) is 10.6 Å². The highest BCUT2D eigenvalue weighted by Gasteiger charge is 2.11. The number of benzene rings is 2. The zero-order valence-corrected chi connectivity index (χ0v) is 15.1. The average molecular weight is 389 g/mol. The second kappa shape index (κ2) is 8.22. The molecule has 4 aromatic rings. The third-order valence-corrected chi connectivity index (χ3v) is 4.05. The van der Waals surface area contributed by atoms with Gasteiger partial charge in [-0.05, 0) is 24.3 Å². The number of carbonyl (C=O) groups is 1. The SMILES string of the molecule is O=C(COc1ccccc1-c1ccno1)N/N=C/c1coc2ccccc2c1=O. The Labute approximate surface area is 164 Å². The van der Waals surface area contributed by atoms with E-state index in [-0.39, 0.29) is 17.6 Å². The highest BCUT2D eigenvalue weighted by molar-refractivity contribution is 5.87. The smallest absolute Gasteiger partial charge is 0.277 e. The Hall–Kier alpha value is -4.20. The van der Waals surface area contributed by atoms with Gasteiger partial charge in [-0.2, -0.15) is 5.10 Å². The first-order valence-electron chi connectivity index (χ1n) is 8.68. The second-order valence-corrected chi connectivity index (χ2v) is 5.97. The summed E-state index contributed by atoms with van der Waals surface area (Å²) >= 11 is 0. The Morgan fingerprint density at radius 3 is 2.83 bits per heavy atom. The van der Waals surface area contributed by atoms with Crippen LogP contribution in [-0.2, 0) is 4.79 Å². The lowest BCUT2D eigenvalue weighted by Gasteiger charge is -2.08. The van der Waals surface area contributed by atoms with Crippen LogP contribution in [0.1, 0.15) is 5.56 Å². The van der Waals surface area contributed by atoms with Gasteiger partial charge in [-0.3, -0.25) is 9.59 Å². The fourth-order valence-corrected chi connectivity index (χ4v) is 2.68. The van der Waals surface area contributed by atoms with Crippen molar-refractivity contribution in [2.45, 2.75) is 0 Å². The first kappa shape index (κ1) is 18.2. The third-order valence-electron chi connectivity index (χ3n) is 4.05. The fourth-order valence-electron chi connectivity index (χ4n) is 2.68. The summed E-state index contributed by atoms with van der Waals surface area (Å²) in [7, 11) is 0. The maximum absolute atomic E-state index is 12.4. The number of para-hydroxylation sites is 2. The molecule has 0 saturated heterocycles. The maximum Gasteiger partial charge on any atom is 0.277 e. The van der Waals surface area contributed by atoms with E-state index in [1.54, 1.807) is 48.5 Å². The number of nitrogens with one attached hydrogen (secondary N) is 1. The van der Waals surface area contributed by atoms with E-state index in [1.165, 1.54) is 18.7 Å². The lowest BCUT2D eigenvalue weighted by atomic mass is 10.1. The number of nitrogens with zero attached hydrogens (tertiary/aromatic N) is 2. The molecular formula is C21H15N3O5. The molecule has 4 rings (SSSR count). The van der Waals surface area contributed by atoms with E-state index in [4.69, 9.17) is 13.7 Å². The van der Waals surface area contributed by atoms with Crippen LogP contribution < -0.4 is 15.6 Å². The first-order valence-corrected chi connectivity index (χ1v) is 8.68. The van der Waals surface area contributed by atoms with Crippen molar-refractivity contribution in [3.8, 4) is 17.1 Å². The van der Waals surface area contributed by atoms with Crippen LogP contribution in [0.25, 0.3) is 22.3 Å². The van der Waals surface area contributed by atoms with Crippen molar-refractivity contribution in [1.29, 1.82) is 0 Å². The molecule has 0 aliphatic heterocycles. The number of hydrogen-bond donors (Lipinski definition) is 1. The predicted molar refractivity (Wildman–Crippen MR) is 106 cm³/mol. The summed E-state index contributed by atoms with van der Waals surface area (Å²) in [5.41, 5.74) is 3.47. The van der Waals surface area contributed by atoms with Crippen LogP contribution in [0.15, 0.2) is 85.9 Å². The molecule has 0 aliphatic carbocycles. The molecule has 2 aromatic heterocycles. The van der Waals surface area contributed by atoms with E-state index in [9.17, 15) is 9.59 Å². The topological polar surface area (TPSA) is 107 Å². The van der Waals surface area contributed by atoms with Crippen LogP contribution in [0.4, 0.5) is 0 Å². The van der Waals surface area contributed by atoms with Crippen LogP contribution >= 0.6 is 0 Å². The van der Waals surface area contributed by atoms with Gasteiger partial charge < -0.3 is 13.7 Å². The first-order chi connectivity index (χ1) is 14.2. The number of amides is 1. The Kier molecular flexibility index (Phi) is 5.15. The zero-order chi connectivity index (χ0) is 20.1. The molecular weight excluding hydrogens is 374 g/mol. The molecule has 8 heteroatoms. The normalized spacial score (nSPS) is 11.0. The molecule has 0 spiro atoms. The fraction of sp³-hybridized carbons (Fsp3) is 0.0476. The second-order valence-electron chi connectivity index (χ2n) is 5.97. The van der Waals surface area contributed by atoms with Crippen LogP contribution in [0.2, 0.25) is 0 Å².